The van der Waals surface area contributed by atoms with E-state index in [0.717, 1.165) is 15.8 Å². The molecule has 0 fully saturated rings. The van der Waals surface area contributed by atoms with Gasteiger partial charge in [-0.25, -0.2) is 0 Å². The standard InChI is InChI=1S/C24H22N2O3S/c1-16(2)26-21-12-11-19(14-22(21)30-24(26)28)25-23(27)18-9-6-10-20(13-18)29-15-17-7-4-3-5-8-17/h3-14,16H,15H2,1-2H3,(H,25,27). The van der Waals surface area contributed by atoms with E-state index >= 15 is 0 Å². The highest BCUT2D eigenvalue weighted by atomic mass is 32.1. The number of carbonyl (C=O) groups is 1. The Kier molecular flexibility index (Phi) is 5.68. The molecule has 5 nitrogen and oxygen atoms in total. The highest BCUT2D eigenvalue weighted by Gasteiger charge is 2.12. The van der Waals surface area contributed by atoms with E-state index < -0.39 is 0 Å². The molecule has 4 aromatic rings. The number of thiazole rings is 1. The Bertz CT molecular complexity index is 1240. The molecule has 0 aliphatic heterocycles. The molecule has 0 atom stereocenters. The van der Waals surface area contributed by atoms with Gasteiger partial charge in [-0.05, 0) is 55.8 Å². The summed E-state index contributed by atoms with van der Waals surface area (Å²) >= 11 is 1.19. The molecule has 0 unspecified atom stereocenters. The van der Waals surface area contributed by atoms with Gasteiger partial charge in [0.1, 0.15) is 12.4 Å². The lowest BCUT2D eigenvalue weighted by Gasteiger charge is -2.10. The lowest BCUT2D eigenvalue weighted by Crippen LogP contribution is -2.14. The van der Waals surface area contributed by atoms with Gasteiger partial charge in [-0.2, -0.15) is 0 Å². The number of nitrogens with one attached hydrogen (secondary N) is 1. The van der Waals surface area contributed by atoms with Gasteiger partial charge in [0.15, 0.2) is 0 Å². The van der Waals surface area contributed by atoms with Gasteiger partial charge < -0.3 is 10.1 Å². The minimum Gasteiger partial charge on any atom is -0.489 e. The molecule has 0 bridgehead atoms. The molecule has 30 heavy (non-hydrogen) atoms. The van der Waals surface area contributed by atoms with Crippen molar-refractivity contribution in [2.75, 3.05) is 5.32 Å². The summed E-state index contributed by atoms with van der Waals surface area (Å²) in [4.78, 5) is 24.9. The van der Waals surface area contributed by atoms with Crippen LogP contribution in [-0.4, -0.2) is 10.5 Å². The van der Waals surface area contributed by atoms with Crippen LogP contribution in [-0.2, 0) is 6.61 Å². The Labute approximate surface area is 178 Å². The summed E-state index contributed by atoms with van der Waals surface area (Å²) in [6, 6.07) is 22.6. The van der Waals surface area contributed by atoms with Gasteiger partial charge in [-0.15, -0.1) is 0 Å². The van der Waals surface area contributed by atoms with E-state index in [1.54, 1.807) is 22.8 Å². The average Bonchev–Trinajstić information content (AvgIpc) is 3.08. The summed E-state index contributed by atoms with van der Waals surface area (Å²) < 4.78 is 8.43. The van der Waals surface area contributed by atoms with Crippen LogP contribution in [0.25, 0.3) is 10.2 Å². The van der Waals surface area contributed by atoms with E-state index in [1.165, 1.54) is 11.3 Å². The molecular formula is C24H22N2O3S. The molecule has 1 amide bonds. The summed E-state index contributed by atoms with van der Waals surface area (Å²) in [7, 11) is 0. The third-order valence-corrected chi connectivity index (χ3v) is 5.65. The molecule has 3 aromatic carbocycles. The maximum Gasteiger partial charge on any atom is 0.308 e. The van der Waals surface area contributed by atoms with E-state index in [1.807, 2.05) is 68.4 Å². The summed E-state index contributed by atoms with van der Waals surface area (Å²) in [5, 5.41) is 2.91. The number of rotatable bonds is 6. The van der Waals surface area contributed by atoms with Crippen LogP contribution in [0.2, 0.25) is 0 Å². The SMILES string of the molecule is CC(C)n1c(=O)sc2cc(NC(=O)c3cccc(OCc4ccccc4)c3)ccc21. The summed E-state index contributed by atoms with van der Waals surface area (Å²) in [5.41, 5.74) is 3.11. The largest absolute Gasteiger partial charge is 0.489 e. The lowest BCUT2D eigenvalue weighted by atomic mass is 10.2. The Morgan fingerprint density at radius 3 is 2.60 bits per heavy atom. The molecule has 1 aromatic heterocycles. The van der Waals surface area contributed by atoms with E-state index in [-0.39, 0.29) is 16.8 Å². The van der Waals surface area contributed by atoms with E-state index in [2.05, 4.69) is 5.32 Å². The van der Waals surface area contributed by atoms with Gasteiger partial charge in [0.25, 0.3) is 5.91 Å². The second-order valence-electron chi connectivity index (χ2n) is 7.27. The second kappa shape index (κ2) is 8.55. The molecule has 1 N–H and O–H groups in total. The van der Waals surface area contributed by atoms with Crippen LogP contribution in [0.5, 0.6) is 5.75 Å². The van der Waals surface area contributed by atoms with Crippen molar-refractivity contribution in [2.24, 2.45) is 0 Å². The molecule has 1 heterocycles. The first kappa shape index (κ1) is 19.9. The Morgan fingerprint density at radius 2 is 1.83 bits per heavy atom. The summed E-state index contributed by atoms with van der Waals surface area (Å²) in [5.74, 6) is 0.407. The van der Waals surface area contributed by atoms with Crippen LogP contribution in [0, 0.1) is 0 Å². The average molecular weight is 419 g/mol. The fraction of sp³-hybridized carbons (Fsp3) is 0.167. The van der Waals surface area contributed by atoms with Gasteiger partial charge >= 0.3 is 4.87 Å². The number of aromatic nitrogens is 1. The fourth-order valence-corrected chi connectivity index (χ4v) is 4.33. The highest BCUT2D eigenvalue weighted by Crippen LogP contribution is 2.25. The zero-order valence-electron chi connectivity index (χ0n) is 16.8. The summed E-state index contributed by atoms with van der Waals surface area (Å²) in [6.45, 7) is 4.40. The van der Waals surface area contributed by atoms with Gasteiger partial charge in [0.2, 0.25) is 0 Å². The molecule has 6 heteroatoms. The molecule has 0 spiro atoms. The predicted octanol–water partition coefficient (Wildman–Crippen LogP) is 5.48. The lowest BCUT2D eigenvalue weighted by molar-refractivity contribution is 0.102. The molecule has 4 rings (SSSR count). The van der Waals surface area contributed by atoms with Crippen molar-refractivity contribution in [1.29, 1.82) is 0 Å². The second-order valence-corrected chi connectivity index (χ2v) is 8.26. The third kappa shape index (κ3) is 4.28. The molecule has 152 valence electrons. The van der Waals surface area contributed by atoms with Gasteiger partial charge in [0, 0.05) is 17.3 Å². The van der Waals surface area contributed by atoms with Crippen molar-refractivity contribution in [3.8, 4) is 5.75 Å². The number of nitrogens with zero attached hydrogens (tertiary/aromatic N) is 1. The van der Waals surface area contributed by atoms with Crippen molar-refractivity contribution in [2.45, 2.75) is 26.5 Å². The van der Waals surface area contributed by atoms with Gasteiger partial charge in [0.05, 0.1) is 10.2 Å². The highest BCUT2D eigenvalue weighted by molar-refractivity contribution is 7.16. The molecule has 0 saturated carbocycles. The molecule has 0 radical (unpaired) electrons. The monoisotopic (exact) mass is 418 g/mol. The molecular weight excluding hydrogens is 396 g/mol. The zero-order chi connectivity index (χ0) is 21.1. The summed E-state index contributed by atoms with van der Waals surface area (Å²) in [6.07, 6.45) is 0. The number of hydrogen-bond acceptors (Lipinski definition) is 4. The number of carbonyl (C=O) groups excluding carboxylic acids is 1. The number of amides is 1. The third-order valence-electron chi connectivity index (χ3n) is 4.73. The topological polar surface area (TPSA) is 60.3 Å². The van der Waals surface area contributed by atoms with Crippen molar-refractivity contribution in [3.05, 3.63) is 93.6 Å². The quantitative estimate of drug-likeness (QED) is 0.451. The van der Waals surface area contributed by atoms with E-state index in [4.69, 9.17) is 4.74 Å². The first-order valence-electron chi connectivity index (χ1n) is 9.74. The van der Waals surface area contributed by atoms with Gasteiger partial charge in [-0.1, -0.05) is 47.7 Å². The van der Waals surface area contributed by atoms with E-state index in [0.29, 0.717) is 23.6 Å². The minimum atomic E-state index is -0.227. The zero-order valence-corrected chi connectivity index (χ0v) is 17.6. The minimum absolute atomic E-state index is 0.00624. The normalized spacial score (nSPS) is 11.0. The van der Waals surface area contributed by atoms with E-state index in [9.17, 15) is 9.59 Å². The Balaban J connectivity index is 1.49. The molecule has 0 aliphatic rings. The first-order chi connectivity index (χ1) is 14.5. The van der Waals surface area contributed by atoms with Crippen LogP contribution >= 0.6 is 11.3 Å². The van der Waals surface area contributed by atoms with Crippen molar-refractivity contribution < 1.29 is 9.53 Å². The number of ether oxygens (including phenoxy) is 1. The number of fused-ring (bicyclic) bond motifs is 1. The molecule has 0 saturated heterocycles. The first-order valence-corrected chi connectivity index (χ1v) is 10.6. The van der Waals surface area contributed by atoms with Crippen LogP contribution in [0.15, 0.2) is 77.6 Å². The van der Waals surface area contributed by atoms with Crippen LogP contribution in [0.1, 0.15) is 35.8 Å². The number of benzene rings is 3. The molecule has 0 aliphatic carbocycles. The van der Waals surface area contributed by atoms with Crippen LogP contribution < -0.4 is 14.9 Å². The van der Waals surface area contributed by atoms with Crippen molar-refractivity contribution in [1.82, 2.24) is 4.57 Å². The Hall–Kier alpha value is -3.38. The number of anilines is 1. The van der Waals surface area contributed by atoms with Crippen molar-refractivity contribution >= 4 is 33.1 Å². The maximum atomic E-state index is 12.7. The van der Waals surface area contributed by atoms with Crippen LogP contribution in [0.3, 0.4) is 0 Å². The van der Waals surface area contributed by atoms with Crippen molar-refractivity contribution in [3.63, 3.8) is 0 Å². The van der Waals surface area contributed by atoms with Crippen LogP contribution in [0.4, 0.5) is 5.69 Å². The smallest absolute Gasteiger partial charge is 0.308 e. The fourth-order valence-electron chi connectivity index (χ4n) is 3.27. The maximum absolute atomic E-state index is 12.7. The number of hydrogen-bond donors (Lipinski definition) is 1. The van der Waals surface area contributed by atoms with Gasteiger partial charge in [-0.3, -0.25) is 14.2 Å². The Morgan fingerprint density at radius 1 is 1.03 bits per heavy atom. The predicted molar refractivity (Wildman–Crippen MR) is 122 cm³/mol.